The van der Waals surface area contributed by atoms with Crippen LogP contribution in [0.1, 0.15) is 33.3 Å². The fourth-order valence-electron chi connectivity index (χ4n) is 2.46. The maximum absolute atomic E-state index is 12.7. The monoisotopic (exact) mass is 335 g/mol. The molecule has 1 aliphatic heterocycles. The quantitative estimate of drug-likeness (QED) is 0.863. The zero-order valence-corrected chi connectivity index (χ0v) is 14.1. The number of ether oxygens (including phenoxy) is 1. The molecule has 1 aromatic rings. The van der Waals surface area contributed by atoms with E-state index in [9.17, 15) is 19.5 Å². The largest absolute Gasteiger partial charge is 0.480 e. The lowest BCUT2D eigenvalue weighted by Gasteiger charge is -2.26. The molecule has 0 saturated carbocycles. The first kappa shape index (κ1) is 17.7. The number of nitrogens with one attached hydrogen (secondary N) is 1. The molecule has 0 fully saturated rings. The Bertz CT molecular complexity index is 668. The van der Waals surface area contributed by atoms with Gasteiger partial charge in [-0.25, -0.2) is 14.6 Å². The van der Waals surface area contributed by atoms with Crippen LogP contribution in [0.25, 0.3) is 0 Å². The second kappa shape index (κ2) is 6.46. The van der Waals surface area contributed by atoms with Gasteiger partial charge in [-0.3, -0.25) is 9.69 Å². The zero-order valence-electron chi connectivity index (χ0n) is 14.1. The van der Waals surface area contributed by atoms with Crippen molar-refractivity contribution in [3.05, 3.63) is 23.9 Å². The van der Waals surface area contributed by atoms with Gasteiger partial charge in [0, 0.05) is 12.6 Å². The maximum Gasteiger partial charge on any atom is 0.408 e. The second-order valence-corrected chi connectivity index (χ2v) is 6.62. The summed E-state index contributed by atoms with van der Waals surface area (Å²) < 4.78 is 5.11. The van der Waals surface area contributed by atoms with E-state index in [1.807, 2.05) is 0 Å². The molecule has 0 spiro atoms. The number of aromatic nitrogens is 1. The van der Waals surface area contributed by atoms with E-state index in [4.69, 9.17) is 4.74 Å². The predicted octanol–water partition coefficient (Wildman–Crippen LogP) is 1.34. The Morgan fingerprint density at radius 3 is 2.67 bits per heavy atom. The van der Waals surface area contributed by atoms with E-state index in [0.29, 0.717) is 11.4 Å². The second-order valence-electron chi connectivity index (χ2n) is 6.62. The Hall–Kier alpha value is -2.64. The summed E-state index contributed by atoms with van der Waals surface area (Å²) in [6.07, 6.45) is 0.939. The van der Waals surface area contributed by atoms with Crippen LogP contribution in [0.3, 0.4) is 0 Å². The minimum absolute atomic E-state index is 0.184. The Kier molecular flexibility index (Phi) is 4.77. The Morgan fingerprint density at radius 2 is 2.08 bits per heavy atom. The first-order valence-corrected chi connectivity index (χ1v) is 7.59. The topological polar surface area (TPSA) is 109 Å². The minimum atomic E-state index is -1.12. The number of nitrogens with zero attached hydrogens (tertiary/aromatic N) is 2. The van der Waals surface area contributed by atoms with Gasteiger partial charge in [0.1, 0.15) is 23.5 Å². The molecule has 0 bridgehead atoms. The van der Waals surface area contributed by atoms with Gasteiger partial charge in [-0.05, 0) is 39.3 Å². The van der Waals surface area contributed by atoms with Gasteiger partial charge in [0.15, 0.2) is 0 Å². The van der Waals surface area contributed by atoms with Crippen LogP contribution in [0, 0.1) is 0 Å². The number of carboxylic acid groups (broad SMARTS) is 1. The van der Waals surface area contributed by atoms with Crippen molar-refractivity contribution in [1.82, 2.24) is 10.3 Å². The van der Waals surface area contributed by atoms with Crippen molar-refractivity contribution in [2.75, 3.05) is 4.90 Å². The molecule has 24 heavy (non-hydrogen) atoms. The summed E-state index contributed by atoms with van der Waals surface area (Å²) in [5, 5.41) is 11.8. The minimum Gasteiger partial charge on any atom is -0.480 e. The van der Waals surface area contributed by atoms with Crippen LogP contribution in [0.4, 0.5) is 10.6 Å². The normalized spacial score (nSPS) is 17.8. The highest BCUT2D eigenvalue weighted by atomic mass is 16.6. The molecule has 0 saturated heterocycles. The van der Waals surface area contributed by atoms with Gasteiger partial charge in [0.05, 0.1) is 0 Å². The van der Waals surface area contributed by atoms with Crippen molar-refractivity contribution in [2.24, 2.45) is 0 Å². The Labute approximate surface area is 139 Å². The molecule has 0 radical (unpaired) electrons. The smallest absolute Gasteiger partial charge is 0.408 e. The average Bonchev–Trinajstić information content (AvgIpc) is 2.83. The molecule has 8 heteroatoms. The zero-order chi connectivity index (χ0) is 18.1. The van der Waals surface area contributed by atoms with Crippen molar-refractivity contribution in [1.29, 1.82) is 0 Å². The van der Waals surface area contributed by atoms with Crippen LogP contribution in [0.2, 0.25) is 0 Å². The van der Waals surface area contributed by atoms with Crippen molar-refractivity contribution >= 4 is 23.8 Å². The van der Waals surface area contributed by atoms with Gasteiger partial charge in [-0.15, -0.1) is 0 Å². The summed E-state index contributed by atoms with van der Waals surface area (Å²) >= 11 is 0. The summed E-state index contributed by atoms with van der Waals surface area (Å²) in [6.45, 7) is 6.60. The Balaban J connectivity index is 2.17. The van der Waals surface area contributed by atoms with Crippen molar-refractivity contribution < 1.29 is 24.2 Å². The van der Waals surface area contributed by atoms with Crippen LogP contribution < -0.4 is 10.2 Å². The van der Waals surface area contributed by atoms with Gasteiger partial charge >= 0.3 is 12.1 Å². The predicted molar refractivity (Wildman–Crippen MR) is 85.7 cm³/mol. The number of hydrogen-bond acceptors (Lipinski definition) is 5. The first-order chi connectivity index (χ1) is 11.1. The van der Waals surface area contributed by atoms with Gasteiger partial charge < -0.3 is 15.2 Å². The molecule has 0 aromatic carbocycles. The fourth-order valence-corrected chi connectivity index (χ4v) is 2.46. The molecular formula is C16H21N3O5. The number of anilines is 1. The van der Waals surface area contributed by atoms with Gasteiger partial charge in [-0.2, -0.15) is 0 Å². The molecule has 8 nitrogen and oxygen atoms in total. The lowest BCUT2D eigenvalue weighted by molar-refractivity contribution is -0.140. The number of hydrogen-bond donors (Lipinski definition) is 2. The third-order valence-corrected chi connectivity index (χ3v) is 3.45. The lowest BCUT2D eigenvalue weighted by atomic mass is 10.1. The highest BCUT2D eigenvalue weighted by Gasteiger charge is 2.41. The third-order valence-electron chi connectivity index (χ3n) is 3.45. The number of amides is 2. The number of pyridine rings is 1. The van der Waals surface area contributed by atoms with Crippen molar-refractivity contribution in [3.63, 3.8) is 0 Å². The molecule has 2 amide bonds. The van der Waals surface area contributed by atoms with Gasteiger partial charge in [0.25, 0.3) is 5.91 Å². The van der Waals surface area contributed by atoms with Crippen LogP contribution in [-0.4, -0.2) is 45.7 Å². The number of carbonyl (C=O) groups excluding carboxylic acids is 2. The molecule has 2 N–H and O–H groups in total. The lowest BCUT2D eigenvalue weighted by Crippen LogP contribution is -2.52. The number of carbonyl (C=O) groups is 3. The van der Waals surface area contributed by atoms with E-state index < -0.39 is 35.7 Å². The molecule has 2 atom stereocenters. The van der Waals surface area contributed by atoms with E-state index in [1.54, 1.807) is 32.9 Å². The van der Waals surface area contributed by atoms with Gasteiger partial charge in [-0.1, -0.05) is 6.07 Å². The van der Waals surface area contributed by atoms with Crippen LogP contribution in [0.15, 0.2) is 18.3 Å². The van der Waals surface area contributed by atoms with E-state index in [2.05, 4.69) is 10.3 Å². The van der Waals surface area contributed by atoms with Crippen LogP contribution in [0.5, 0.6) is 0 Å². The molecule has 0 unspecified atom stereocenters. The van der Waals surface area contributed by atoms with E-state index >= 15 is 0 Å². The molecule has 2 rings (SSSR count). The molecule has 1 aromatic heterocycles. The van der Waals surface area contributed by atoms with Gasteiger partial charge in [0.2, 0.25) is 0 Å². The van der Waals surface area contributed by atoms with Crippen molar-refractivity contribution in [3.8, 4) is 0 Å². The molecule has 2 heterocycles. The highest BCUT2D eigenvalue weighted by Crippen LogP contribution is 2.30. The summed E-state index contributed by atoms with van der Waals surface area (Å²) in [5.74, 6) is -1.36. The summed E-state index contributed by atoms with van der Waals surface area (Å²) in [4.78, 5) is 41.2. The average molecular weight is 335 g/mol. The SMILES string of the molecule is C[C@@H](NC(=O)OC(C)(C)C)C(=O)N1c2ncccc2C[C@H]1C(=O)O. The third kappa shape index (κ3) is 3.81. The number of fused-ring (bicyclic) bond motifs is 1. The molecule has 130 valence electrons. The number of alkyl carbamates (subject to hydrolysis) is 1. The van der Waals surface area contributed by atoms with E-state index in [1.165, 1.54) is 13.1 Å². The number of aliphatic carboxylic acids is 1. The summed E-state index contributed by atoms with van der Waals surface area (Å²) in [6, 6.07) is 1.44. The Morgan fingerprint density at radius 1 is 1.42 bits per heavy atom. The summed E-state index contributed by atoms with van der Waals surface area (Å²) in [5.41, 5.74) is -0.0131. The standard InChI is InChI=1S/C16H21N3O5/c1-9(18-15(23)24-16(2,3)4)13(20)19-11(14(21)22)8-10-6-5-7-17-12(10)19/h5-7,9,11H,8H2,1-4H3,(H,18,23)(H,21,22)/t9-,11+/m1/s1. The molecule has 1 aliphatic rings. The van der Waals surface area contributed by atoms with E-state index in [0.717, 1.165) is 4.90 Å². The molecular weight excluding hydrogens is 314 g/mol. The molecule has 0 aliphatic carbocycles. The van der Waals surface area contributed by atoms with Crippen LogP contribution in [-0.2, 0) is 20.7 Å². The highest BCUT2D eigenvalue weighted by molar-refractivity contribution is 6.04. The number of rotatable bonds is 3. The van der Waals surface area contributed by atoms with Crippen molar-refractivity contribution in [2.45, 2.75) is 51.8 Å². The van der Waals surface area contributed by atoms with Crippen LogP contribution >= 0.6 is 0 Å². The number of carboxylic acids is 1. The first-order valence-electron chi connectivity index (χ1n) is 7.59. The fraction of sp³-hybridized carbons (Fsp3) is 0.500. The maximum atomic E-state index is 12.7. The summed E-state index contributed by atoms with van der Waals surface area (Å²) in [7, 11) is 0. The van der Waals surface area contributed by atoms with E-state index in [-0.39, 0.29) is 6.42 Å².